The highest BCUT2D eigenvalue weighted by molar-refractivity contribution is 5.94. The Morgan fingerprint density at radius 3 is 2.16 bits per heavy atom. The zero-order chi connectivity index (χ0) is 17.8. The standard InChI is InChI=1S/C19H24N2O4/c22-17(14-6-2-1-3-7-14)20-10-4-8-15(12-20)18(23)21-11-5-9-16(13-21)19(24)25/h1-3,6-7,15-16H,4-5,8-13H2,(H,24,25). The lowest BCUT2D eigenvalue weighted by Gasteiger charge is -2.37. The molecule has 2 atom stereocenters. The van der Waals surface area contributed by atoms with Crippen molar-refractivity contribution in [2.75, 3.05) is 26.2 Å². The fraction of sp³-hybridized carbons (Fsp3) is 0.526. The summed E-state index contributed by atoms with van der Waals surface area (Å²) in [4.78, 5) is 40.1. The van der Waals surface area contributed by atoms with Gasteiger partial charge in [0, 0.05) is 31.7 Å². The van der Waals surface area contributed by atoms with Gasteiger partial charge in [-0.3, -0.25) is 14.4 Å². The molecule has 3 rings (SSSR count). The molecule has 6 nitrogen and oxygen atoms in total. The van der Waals surface area contributed by atoms with E-state index in [-0.39, 0.29) is 24.3 Å². The van der Waals surface area contributed by atoms with Crippen LogP contribution in [0.3, 0.4) is 0 Å². The summed E-state index contributed by atoms with van der Waals surface area (Å²) < 4.78 is 0. The molecule has 0 aromatic heterocycles. The lowest BCUT2D eigenvalue weighted by Crippen LogP contribution is -2.49. The second kappa shape index (κ2) is 7.68. The van der Waals surface area contributed by atoms with Crippen LogP contribution in [0.5, 0.6) is 0 Å². The van der Waals surface area contributed by atoms with Crippen LogP contribution >= 0.6 is 0 Å². The van der Waals surface area contributed by atoms with Crippen molar-refractivity contribution in [3.8, 4) is 0 Å². The van der Waals surface area contributed by atoms with E-state index in [4.69, 9.17) is 0 Å². The molecule has 2 aliphatic rings. The van der Waals surface area contributed by atoms with Crippen molar-refractivity contribution in [3.63, 3.8) is 0 Å². The minimum absolute atomic E-state index is 0.00323. The number of aliphatic carboxylic acids is 1. The number of carbonyl (C=O) groups excluding carboxylic acids is 2. The summed E-state index contributed by atoms with van der Waals surface area (Å²) in [5.41, 5.74) is 0.638. The van der Waals surface area contributed by atoms with E-state index in [1.807, 2.05) is 18.2 Å². The van der Waals surface area contributed by atoms with Crippen molar-refractivity contribution in [1.29, 1.82) is 0 Å². The van der Waals surface area contributed by atoms with Crippen molar-refractivity contribution >= 4 is 17.8 Å². The molecule has 2 heterocycles. The molecule has 0 bridgehead atoms. The van der Waals surface area contributed by atoms with Gasteiger partial charge in [0.2, 0.25) is 5.91 Å². The van der Waals surface area contributed by atoms with E-state index in [1.165, 1.54) is 0 Å². The Bertz CT molecular complexity index is 646. The monoisotopic (exact) mass is 344 g/mol. The Hall–Kier alpha value is -2.37. The normalized spacial score (nSPS) is 24.0. The lowest BCUT2D eigenvalue weighted by molar-refractivity contribution is -0.147. The van der Waals surface area contributed by atoms with E-state index < -0.39 is 11.9 Å². The summed E-state index contributed by atoms with van der Waals surface area (Å²) in [5, 5.41) is 9.20. The number of carboxylic acid groups (broad SMARTS) is 1. The highest BCUT2D eigenvalue weighted by Crippen LogP contribution is 2.24. The minimum atomic E-state index is -0.831. The average molecular weight is 344 g/mol. The largest absolute Gasteiger partial charge is 0.481 e. The molecular weight excluding hydrogens is 320 g/mol. The maximum atomic E-state index is 12.8. The van der Waals surface area contributed by atoms with Gasteiger partial charge in [0.25, 0.3) is 5.91 Å². The summed E-state index contributed by atoms with van der Waals surface area (Å²) in [6.07, 6.45) is 2.90. The van der Waals surface area contributed by atoms with E-state index in [1.54, 1.807) is 21.9 Å². The van der Waals surface area contributed by atoms with Crippen molar-refractivity contribution in [1.82, 2.24) is 9.80 Å². The van der Waals surface area contributed by atoms with Gasteiger partial charge < -0.3 is 14.9 Å². The summed E-state index contributed by atoms with van der Waals surface area (Å²) >= 11 is 0. The van der Waals surface area contributed by atoms with Crippen molar-refractivity contribution in [2.45, 2.75) is 25.7 Å². The van der Waals surface area contributed by atoms with Crippen molar-refractivity contribution in [2.24, 2.45) is 11.8 Å². The average Bonchev–Trinajstić information content (AvgIpc) is 2.67. The van der Waals surface area contributed by atoms with Crippen LogP contribution in [0.25, 0.3) is 0 Å². The number of nitrogens with zero attached hydrogens (tertiary/aromatic N) is 2. The van der Waals surface area contributed by atoms with Crippen LogP contribution in [0, 0.1) is 11.8 Å². The molecule has 1 aromatic carbocycles. The van der Waals surface area contributed by atoms with Crippen LogP contribution in [-0.2, 0) is 9.59 Å². The second-order valence-corrected chi connectivity index (χ2v) is 6.92. The number of piperidine rings is 2. The summed E-state index contributed by atoms with van der Waals surface area (Å²) in [6.45, 7) is 1.99. The molecule has 2 saturated heterocycles. The first-order chi connectivity index (χ1) is 12.1. The molecule has 2 unspecified atom stereocenters. The van der Waals surface area contributed by atoms with Gasteiger partial charge in [-0.05, 0) is 37.8 Å². The van der Waals surface area contributed by atoms with Crippen LogP contribution in [-0.4, -0.2) is 58.9 Å². The summed E-state index contributed by atoms with van der Waals surface area (Å²) in [6, 6.07) is 9.11. The number of carboxylic acids is 1. The summed E-state index contributed by atoms with van der Waals surface area (Å²) in [7, 11) is 0. The molecule has 6 heteroatoms. The van der Waals surface area contributed by atoms with Crippen LogP contribution in [0.4, 0.5) is 0 Å². The molecule has 0 radical (unpaired) electrons. The van der Waals surface area contributed by atoms with E-state index in [9.17, 15) is 19.5 Å². The number of hydrogen-bond donors (Lipinski definition) is 1. The Morgan fingerprint density at radius 1 is 0.880 bits per heavy atom. The van der Waals surface area contributed by atoms with Gasteiger partial charge in [0.1, 0.15) is 0 Å². The predicted octanol–water partition coefficient (Wildman–Crippen LogP) is 1.86. The molecule has 2 amide bonds. The maximum Gasteiger partial charge on any atom is 0.308 e. The number of benzene rings is 1. The fourth-order valence-corrected chi connectivity index (χ4v) is 3.76. The Morgan fingerprint density at radius 2 is 1.48 bits per heavy atom. The van der Waals surface area contributed by atoms with Gasteiger partial charge in [-0.15, -0.1) is 0 Å². The van der Waals surface area contributed by atoms with Gasteiger partial charge >= 0.3 is 5.97 Å². The first kappa shape index (κ1) is 17.5. The molecular formula is C19H24N2O4. The fourth-order valence-electron chi connectivity index (χ4n) is 3.76. The molecule has 1 aromatic rings. The van der Waals surface area contributed by atoms with Crippen LogP contribution in [0.1, 0.15) is 36.0 Å². The molecule has 1 N–H and O–H groups in total. The van der Waals surface area contributed by atoms with E-state index >= 15 is 0 Å². The van der Waals surface area contributed by atoms with E-state index in [0.717, 1.165) is 19.3 Å². The van der Waals surface area contributed by atoms with Crippen LogP contribution in [0.15, 0.2) is 30.3 Å². The smallest absolute Gasteiger partial charge is 0.308 e. The maximum absolute atomic E-state index is 12.8. The SMILES string of the molecule is O=C(O)C1CCCN(C(=O)C2CCCN(C(=O)c3ccccc3)C2)C1. The van der Waals surface area contributed by atoms with E-state index in [2.05, 4.69) is 0 Å². The molecule has 134 valence electrons. The Kier molecular flexibility index (Phi) is 5.36. The number of carbonyl (C=O) groups is 3. The van der Waals surface area contributed by atoms with Crippen molar-refractivity contribution in [3.05, 3.63) is 35.9 Å². The summed E-state index contributed by atoms with van der Waals surface area (Å²) in [5.74, 6) is -1.57. The molecule has 0 aliphatic carbocycles. The number of amides is 2. The molecule has 2 fully saturated rings. The van der Waals surface area contributed by atoms with Crippen molar-refractivity contribution < 1.29 is 19.5 Å². The highest BCUT2D eigenvalue weighted by atomic mass is 16.4. The molecule has 0 spiro atoms. The van der Waals surface area contributed by atoms with Gasteiger partial charge in [-0.25, -0.2) is 0 Å². The molecule has 25 heavy (non-hydrogen) atoms. The zero-order valence-corrected chi connectivity index (χ0v) is 14.3. The van der Waals surface area contributed by atoms with Crippen LogP contribution in [0.2, 0.25) is 0 Å². The van der Waals surface area contributed by atoms with Gasteiger partial charge in [-0.1, -0.05) is 18.2 Å². The zero-order valence-electron chi connectivity index (χ0n) is 14.3. The molecule has 2 aliphatic heterocycles. The predicted molar refractivity (Wildman–Crippen MR) is 92.0 cm³/mol. The second-order valence-electron chi connectivity index (χ2n) is 6.92. The van der Waals surface area contributed by atoms with Gasteiger partial charge in [-0.2, -0.15) is 0 Å². The first-order valence-corrected chi connectivity index (χ1v) is 8.92. The van der Waals surface area contributed by atoms with Crippen LogP contribution < -0.4 is 0 Å². The number of hydrogen-bond acceptors (Lipinski definition) is 3. The first-order valence-electron chi connectivity index (χ1n) is 8.92. The third kappa shape index (κ3) is 4.00. The van der Waals surface area contributed by atoms with Gasteiger partial charge in [0.05, 0.1) is 11.8 Å². The third-order valence-corrected chi connectivity index (χ3v) is 5.16. The van der Waals surface area contributed by atoms with Gasteiger partial charge in [0.15, 0.2) is 0 Å². The number of rotatable bonds is 3. The Balaban J connectivity index is 1.63. The Labute approximate surface area is 147 Å². The third-order valence-electron chi connectivity index (χ3n) is 5.16. The highest BCUT2D eigenvalue weighted by Gasteiger charge is 2.34. The topological polar surface area (TPSA) is 77.9 Å². The lowest BCUT2D eigenvalue weighted by atomic mass is 9.92. The minimum Gasteiger partial charge on any atom is -0.481 e. The number of likely N-dealkylation sites (tertiary alicyclic amines) is 2. The van der Waals surface area contributed by atoms with E-state index in [0.29, 0.717) is 31.6 Å². The molecule has 0 saturated carbocycles. The quantitative estimate of drug-likeness (QED) is 0.908.